The maximum Gasteiger partial charge on any atom is 0.272 e. The van der Waals surface area contributed by atoms with E-state index in [4.69, 9.17) is 16.3 Å². The molecule has 0 spiro atoms. The summed E-state index contributed by atoms with van der Waals surface area (Å²) in [6, 6.07) is 2.82. The number of rotatable bonds is 10. The number of carbonyl (C=O) groups is 1. The number of nitro benzene ring substituents is 1. The van der Waals surface area contributed by atoms with Gasteiger partial charge in [-0.2, -0.15) is 0 Å². The van der Waals surface area contributed by atoms with Gasteiger partial charge in [0.2, 0.25) is 11.7 Å². The summed E-state index contributed by atoms with van der Waals surface area (Å²) >= 11 is 5.93. The summed E-state index contributed by atoms with van der Waals surface area (Å²) < 4.78 is 6.11. The van der Waals surface area contributed by atoms with Crippen LogP contribution in [0.5, 0.6) is 5.75 Å². The Labute approximate surface area is 185 Å². The molecule has 0 aliphatic carbocycles. The number of aromatic nitrogens is 2. The SMILES string of the molecule is Cc1cnc(Cl)nc1Nc1cc([N+](=O)[O-])cc(CN(C)C=O)c1OCCN1CCCC1. The van der Waals surface area contributed by atoms with E-state index >= 15 is 0 Å². The van der Waals surface area contributed by atoms with Crippen LogP contribution in [0.1, 0.15) is 24.0 Å². The number of aryl methyl sites for hydroxylation is 1. The van der Waals surface area contributed by atoms with Crippen LogP contribution in [0.25, 0.3) is 0 Å². The van der Waals surface area contributed by atoms with E-state index in [9.17, 15) is 14.9 Å². The van der Waals surface area contributed by atoms with Crippen molar-refractivity contribution in [2.75, 3.05) is 38.6 Å². The molecule has 0 atom stereocenters. The zero-order valence-corrected chi connectivity index (χ0v) is 18.3. The van der Waals surface area contributed by atoms with Crippen LogP contribution in [0, 0.1) is 17.0 Å². The van der Waals surface area contributed by atoms with E-state index in [0.29, 0.717) is 41.4 Å². The first kappa shape index (κ1) is 22.7. The highest BCUT2D eigenvalue weighted by Crippen LogP contribution is 2.37. The van der Waals surface area contributed by atoms with Crippen LogP contribution in [0.4, 0.5) is 17.2 Å². The largest absolute Gasteiger partial charge is 0.490 e. The summed E-state index contributed by atoms with van der Waals surface area (Å²) in [6.45, 7) is 5.18. The number of nitrogens with one attached hydrogen (secondary N) is 1. The molecule has 1 aliphatic rings. The topological polar surface area (TPSA) is 114 Å². The van der Waals surface area contributed by atoms with Crippen LogP contribution in [0.3, 0.4) is 0 Å². The number of benzene rings is 1. The van der Waals surface area contributed by atoms with Crippen molar-refractivity contribution in [2.24, 2.45) is 0 Å². The maximum atomic E-state index is 11.5. The van der Waals surface area contributed by atoms with Crippen molar-refractivity contribution < 1.29 is 14.5 Å². The Morgan fingerprint density at radius 3 is 2.81 bits per heavy atom. The van der Waals surface area contributed by atoms with Gasteiger partial charge >= 0.3 is 0 Å². The lowest BCUT2D eigenvalue weighted by Gasteiger charge is -2.21. The van der Waals surface area contributed by atoms with Crippen molar-refractivity contribution >= 4 is 35.2 Å². The lowest BCUT2D eigenvalue weighted by atomic mass is 10.1. The third-order valence-electron chi connectivity index (χ3n) is 5.01. The summed E-state index contributed by atoms with van der Waals surface area (Å²) in [4.78, 5) is 34.0. The van der Waals surface area contributed by atoms with Crippen molar-refractivity contribution in [3.8, 4) is 5.75 Å². The van der Waals surface area contributed by atoms with Gasteiger partial charge in [0, 0.05) is 49.6 Å². The fraction of sp³-hybridized carbons (Fsp3) is 0.450. The molecule has 1 aromatic carbocycles. The van der Waals surface area contributed by atoms with Gasteiger partial charge in [-0.05, 0) is 44.5 Å². The number of carbonyl (C=O) groups excluding carboxylic acids is 1. The summed E-state index contributed by atoms with van der Waals surface area (Å²) in [6.07, 6.45) is 4.57. The molecule has 166 valence electrons. The summed E-state index contributed by atoms with van der Waals surface area (Å²) in [5.74, 6) is 0.854. The Bertz CT molecular complexity index is 952. The molecule has 1 saturated heterocycles. The van der Waals surface area contributed by atoms with E-state index < -0.39 is 4.92 Å². The van der Waals surface area contributed by atoms with Crippen LogP contribution in [0.2, 0.25) is 5.28 Å². The third kappa shape index (κ3) is 6.02. The first-order valence-corrected chi connectivity index (χ1v) is 10.3. The van der Waals surface area contributed by atoms with Crippen LogP contribution in [0.15, 0.2) is 18.3 Å². The van der Waals surface area contributed by atoms with Crippen molar-refractivity contribution in [1.82, 2.24) is 19.8 Å². The molecular formula is C20H25ClN6O4. The molecule has 0 bridgehead atoms. The normalized spacial score (nSPS) is 13.8. The number of amides is 1. The number of nitrogens with zero attached hydrogens (tertiary/aromatic N) is 5. The zero-order chi connectivity index (χ0) is 22.4. The van der Waals surface area contributed by atoms with Gasteiger partial charge in [0.05, 0.1) is 10.6 Å². The van der Waals surface area contributed by atoms with E-state index in [0.717, 1.165) is 19.6 Å². The highest BCUT2D eigenvalue weighted by atomic mass is 35.5. The summed E-state index contributed by atoms with van der Waals surface area (Å²) in [5.41, 5.74) is 1.49. The Kier molecular flexibility index (Phi) is 7.59. The zero-order valence-electron chi connectivity index (χ0n) is 17.5. The molecule has 1 fully saturated rings. The van der Waals surface area contributed by atoms with Crippen LogP contribution in [-0.4, -0.2) is 64.4 Å². The van der Waals surface area contributed by atoms with Crippen molar-refractivity contribution in [3.63, 3.8) is 0 Å². The van der Waals surface area contributed by atoms with Gasteiger partial charge in [-0.25, -0.2) is 9.97 Å². The number of halogens is 1. The van der Waals surface area contributed by atoms with Gasteiger partial charge in [-0.1, -0.05) is 0 Å². The fourth-order valence-corrected chi connectivity index (χ4v) is 3.56. The quantitative estimate of drug-likeness (QED) is 0.255. The van der Waals surface area contributed by atoms with E-state index in [1.54, 1.807) is 20.2 Å². The smallest absolute Gasteiger partial charge is 0.272 e. The van der Waals surface area contributed by atoms with Gasteiger partial charge in [0.15, 0.2) is 0 Å². The number of nitro groups is 1. The van der Waals surface area contributed by atoms with Crippen LogP contribution in [-0.2, 0) is 11.3 Å². The van der Waals surface area contributed by atoms with Gasteiger partial charge in [0.1, 0.15) is 18.2 Å². The van der Waals surface area contributed by atoms with E-state index in [2.05, 4.69) is 20.2 Å². The number of non-ortho nitro benzene ring substituents is 1. The fourth-order valence-electron chi connectivity index (χ4n) is 3.42. The molecule has 0 unspecified atom stereocenters. The summed E-state index contributed by atoms with van der Waals surface area (Å²) in [7, 11) is 1.60. The second-order valence-electron chi connectivity index (χ2n) is 7.45. The number of hydrogen-bond donors (Lipinski definition) is 1. The molecular weight excluding hydrogens is 424 g/mol. The lowest BCUT2D eigenvalue weighted by molar-refractivity contribution is -0.384. The Morgan fingerprint density at radius 1 is 1.39 bits per heavy atom. The van der Waals surface area contributed by atoms with Crippen LogP contribution >= 0.6 is 11.6 Å². The third-order valence-corrected chi connectivity index (χ3v) is 5.19. The molecule has 1 N–H and O–H groups in total. The first-order chi connectivity index (χ1) is 14.9. The number of hydrogen-bond acceptors (Lipinski definition) is 8. The highest BCUT2D eigenvalue weighted by Gasteiger charge is 2.21. The maximum absolute atomic E-state index is 11.5. The minimum atomic E-state index is -0.483. The molecule has 11 heteroatoms. The Morgan fingerprint density at radius 2 is 2.13 bits per heavy atom. The molecule has 0 saturated carbocycles. The minimum absolute atomic E-state index is 0.0518. The summed E-state index contributed by atoms with van der Waals surface area (Å²) in [5, 5.41) is 14.7. The predicted octanol–water partition coefficient (Wildman–Crippen LogP) is 3.15. The molecule has 2 heterocycles. The molecule has 0 radical (unpaired) electrons. The van der Waals surface area contributed by atoms with Gasteiger partial charge in [-0.15, -0.1) is 0 Å². The molecule has 2 aromatic rings. The first-order valence-electron chi connectivity index (χ1n) is 9.95. The van der Waals surface area contributed by atoms with Crippen molar-refractivity contribution in [2.45, 2.75) is 26.3 Å². The average molecular weight is 449 g/mol. The lowest BCUT2D eigenvalue weighted by Crippen LogP contribution is -2.25. The Balaban J connectivity index is 1.97. The molecule has 1 aromatic heterocycles. The van der Waals surface area contributed by atoms with Gasteiger partial charge < -0.3 is 15.0 Å². The Hall–Kier alpha value is -2.98. The highest BCUT2D eigenvalue weighted by molar-refractivity contribution is 6.28. The average Bonchev–Trinajstić information content (AvgIpc) is 3.25. The monoisotopic (exact) mass is 448 g/mol. The van der Waals surface area contributed by atoms with Crippen molar-refractivity contribution in [3.05, 3.63) is 44.9 Å². The predicted molar refractivity (Wildman–Crippen MR) is 117 cm³/mol. The number of likely N-dealkylation sites (tertiary alicyclic amines) is 1. The molecule has 1 amide bonds. The molecule has 10 nitrogen and oxygen atoms in total. The molecule has 3 rings (SSSR count). The molecule has 31 heavy (non-hydrogen) atoms. The van der Waals surface area contributed by atoms with Gasteiger partial charge in [0.25, 0.3) is 5.69 Å². The van der Waals surface area contributed by atoms with E-state index in [1.807, 2.05) is 0 Å². The molecule has 1 aliphatic heterocycles. The van der Waals surface area contributed by atoms with E-state index in [-0.39, 0.29) is 17.5 Å². The van der Waals surface area contributed by atoms with Crippen molar-refractivity contribution in [1.29, 1.82) is 0 Å². The minimum Gasteiger partial charge on any atom is -0.490 e. The van der Waals surface area contributed by atoms with Gasteiger partial charge in [-0.3, -0.25) is 19.8 Å². The standard InChI is InChI=1S/C20H25ClN6O4/c1-14-11-22-20(21)24-19(14)23-17-10-16(27(29)30)9-15(12-25(2)13-28)18(17)31-8-7-26-5-3-4-6-26/h9-11,13H,3-8,12H2,1-2H3,(H,22,23,24). The number of anilines is 2. The van der Waals surface area contributed by atoms with E-state index in [1.165, 1.54) is 29.9 Å². The second-order valence-corrected chi connectivity index (χ2v) is 7.79. The van der Waals surface area contributed by atoms with Crippen LogP contribution < -0.4 is 10.1 Å². The number of ether oxygens (including phenoxy) is 1. The second kappa shape index (κ2) is 10.4.